The summed E-state index contributed by atoms with van der Waals surface area (Å²) in [6, 6.07) is 10.2. The van der Waals surface area contributed by atoms with Crippen LogP contribution in [0.1, 0.15) is 10.4 Å². The maximum absolute atomic E-state index is 12.8. The molecule has 10 heteroatoms. The van der Waals surface area contributed by atoms with Gasteiger partial charge in [-0.25, -0.2) is 9.18 Å². The molecule has 0 aliphatic heterocycles. The number of ether oxygens (including phenoxy) is 2. The molecule has 0 saturated carbocycles. The third-order valence-corrected chi connectivity index (χ3v) is 3.58. The Balaban J connectivity index is 1.86. The average molecular weight is 410 g/mol. The number of amides is 2. The summed E-state index contributed by atoms with van der Waals surface area (Å²) in [5, 5.41) is 2.48. The first-order valence-electron chi connectivity index (χ1n) is 8.26. The Labute approximate surface area is 164 Å². The first-order chi connectivity index (χ1) is 13.8. The molecular formula is C19H17F3N2O5. The van der Waals surface area contributed by atoms with Crippen LogP contribution in [0, 0.1) is 5.82 Å². The fraction of sp³-hybridized carbons (Fsp3) is 0.211. The van der Waals surface area contributed by atoms with Gasteiger partial charge >= 0.3 is 12.6 Å². The molecule has 2 aromatic carbocycles. The van der Waals surface area contributed by atoms with Crippen molar-refractivity contribution >= 4 is 23.5 Å². The van der Waals surface area contributed by atoms with Crippen LogP contribution in [0.3, 0.4) is 0 Å². The van der Waals surface area contributed by atoms with Crippen molar-refractivity contribution in [3.05, 3.63) is 59.9 Å². The smallest absolute Gasteiger partial charge is 0.387 e. The highest BCUT2D eigenvalue weighted by molar-refractivity contribution is 5.96. The van der Waals surface area contributed by atoms with Gasteiger partial charge in [-0.2, -0.15) is 8.78 Å². The van der Waals surface area contributed by atoms with Crippen molar-refractivity contribution in [1.82, 2.24) is 4.90 Å². The minimum absolute atomic E-state index is 0.266. The molecule has 0 heterocycles. The van der Waals surface area contributed by atoms with Gasteiger partial charge in [-0.1, -0.05) is 12.1 Å². The monoisotopic (exact) mass is 410 g/mol. The molecule has 0 spiro atoms. The normalized spacial score (nSPS) is 10.4. The molecule has 0 radical (unpaired) electrons. The molecule has 29 heavy (non-hydrogen) atoms. The van der Waals surface area contributed by atoms with E-state index in [0.29, 0.717) is 5.69 Å². The van der Waals surface area contributed by atoms with Crippen LogP contribution < -0.4 is 10.1 Å². The molecule has 2 aromatic rings. The Hall–Kier alpha value is -3.56. The van der Waals surface area contributed by atoms with Crippen LogP contribution in [0.4, 0.5) is 18.9 Å². The minimum atomic E-state index is -3.13. The predicted octanol–water partition coefficient (Wildman–Crippen LogP) is 2.68. The average Bonchev–Trinajstić information content (AvgIpc) is 2.67. The summed E-state index contributed by atoms with van der Waals surface area (Å²) in [6.45, 7) is -4.18. The van der Waals surface area contributed by atoms with Gasteiger partial charge in [-0.3, -0.25) is 9.59 Å². The van der Waals surface area contributed by atoms with E-state index in [0.717, 1.165) is 11.0 Å². The number of nitrogens with zero attached hydrogens (tertiary/aromatic N) is 1. The zero-order chi connectivity index (χ0) is 21.4. The van der Waals surface area contributed by atoms with Crippen LogP contribution in [-0.2, 0) is 14.3 Å². The molecule has 2 rings (SSSR count). The summed E-state index contributed by atoms with van der Waals surface area (Å²) in [5.41, 5.74) is 0.0802. The maximum Gasteiger partial charge on any atom is 0.387 e. The molecule has 0 saturated heterocycles. The van der Waals surface area contributed by atoms with Gasteiger partial charge in [0.05, 0.1) is 6.54 Å². The second-order valence-corrected chi connectivity index (χ2v) is 5.76. The zero-order valence-corrected chi connectivity index (χ0v) is 15.2. The minimum Gasteiger partial charge on any atom is -0.452 e. The van der Waals surface area contributed by atoms with E-state index in [4.69, 9.17) is 4.74 Å². The number of hydrogen-bond acceptors (Lipinski definition) is 5. The Morgan fingerprint density at radius 3 is 2.38 bits per heavy atom. The van der Waals surface area contributed by atoms with Crippen molar-refractivity contribution in [2.45, 2.75) is 6.61 Å². The van der Waals surface area contributed by atoms with E-state index in [1.807, 2.05) is 0 Å². The van der Waals surface area contributed by atoms with E-state index in [1.165, 1.54) is 49.5 Å². The highest BCUT2D eigenvalue weighted by Crippen LogP contribution is 2.21. The molecule has 0 aliphatic rings. The van der Waals surface area contributed by atoms with Gasteiger partial charge in [0, 0.05) is 12.7 Å². The van der Waals surface area contributed by atoms with E-state index >= 15 is 0 Å². The number of anilines is 1. The summed E-state index contributed by atoms with van der Waals surface area (Å²) < 4.78 is 46.7. The number of hydrogen-bond donors (Lipinski definition) is 1. The second kappa shape index (κ2) is 10.1. The number of rotatable bonds is 8. The Morgan fingerprint density at radius 1 is 1.07 bits per heavy atom. The van der Waals surface area contributed by atoms with Crippen molar-refractivity contribution in [2.24, 2.45) is 0 Å². The van der Waals surface area contributed by atoms with E-state index in [-0.39, 0.29) is 17.9 Å². The third-order valence-electron chi connectivity index (χ3n) is 3.58. The number of alkyl halides is 2. The highest BCUT2D eigenvalue weighted by atomic mass is 19.3. The lowest BCUT2D eigenvalue weighted by molar-refractivity contribution is -0.136. The molecule has 2 amide bonds. The van der Waals surface area contributed by atoms with Crippen LogP contribution in [0.25, 0.3) is 0 Å². The Bertz CT molecular complexity index is 874. The number of para-hydroxylation sites is 1. The number of carbonyl (C=O) groups is 3. The fourth-order valence-corrected chi connectivity index (χ4v) is 2.19. The van der Waals surface area contributed by atoms with Crippen LogP contribution in [-0.4, -0.2) is 49.5 Å². The van der Waals surface area contributed by atoms with Crippen LogP contribution in [0.2, 0.25) is 0 Å². The molecule has 0 atom stereocenters. The summed E-state index contributed by atoms with van der Waals surface area (Å²) in [4.78, 5) is 37.0. The van der Waals surface area contributed by atoms with Crippen molar-refractivity contribution in [3.63, 3.8) is 0 Å². The summed E-state index contributed by atoms with van der Waals surface area (Å²) in [5.74, 6) is -3.11. The molecule has 0 bridgehead atoms. The number of nitrogens with one attached hydrogen (secondary N) is 1. The van der Waals surface area contributed by atoms with E-state index in [1.54, 1.807) is 0 Å². The van der Waals surface area contributed by atoms with Crippen molar-refractivity contribution in [2.75, 3.05) is 25.5 Å². The summed E-state index contributed by atoms with van der Waals surface area (Å²) in [7, 11) is 1.31. The molecule has 0 fully saturated rings. The molecule has 0 aromatic heterocycles. The van der Waals surface area contributed by atoms with Gasteiger partial charge in [-0.05, 0) is 36.4 Å². The summed E-state index contributed by atoms with van der Waals surface area (Å²) in [6.07, 6.45) is 0. The standard InChI is InChI=1S/C19H17F3N2O5/c1-24(10-16(25)23-13-8-6-12(20)7-9-13)17(26)11-28-18(27)14-4-2-3-5-15(14)29-19(21)22/h2-9,19H,10-11H2,1H3,(H,23,25). The predicted molar refractivity (Wildman–Crippen MR) is 96.0 cm³/mol. The number of halogens is 3. The fourth-order valence-electron chi connectivity index (χ4n) is 2.19. The largest absolute Gasteiger partial charge is 0.452 e. The topological polar surface area (TPSA) is 84.9 Å². The van der Waals surface area contributed by atoms with Crippen LogP contribution in [0.15, 0.2) is 48.5 Å². The Morgan fingerprint density at radius 2 is 1.72 bits per heavy atom. The third kappa shape index (κ3) is 6.83. The van der Waals surface area contributed by atoms with Gasteiger partial charge in [0.1, 0.15) is 17.1 Å². The number of benzene rings is 2. The number of carbonyl (C=O) groups excluding carboxylic acids is 3. The van der Waals surface area contributed by atoms with Gasteiger partial charge in [-0.15, -0.1) is 0 Å². The first-order valence-corrected chi connectivity index (χ1v) is 8.26. The molecule has 0 aliphatic carbocycles. The molecule has 1 N–H and O–H groups in total. The lowest BCUT2D eigenvalue weighted by Gasteiger charge is -2.17. The van der Waals surface area contributed by atoms with E-state index in [2.05, 4.69) is 10.1 Å². The van der Waals surface area contributed by atoms with Gasteiger partial charge < -0.3 is 19.7 Å². The van der Waals surface area contributed by atoms with Crippen LogP contribution in [0.5, 0.6) is 5.75 Å². The van der Waals surface area contributed by atoms with Gasteiger partial charge in [0.15, 0.2) is 6.61 Å². The lowest BCUT2D eigenvalue weighted by Crippen LogP contribution is -2.37. The number of likely N-dealkylation sites (N-methyl/N-ethyl adjacent to an activating group) is 1. The molecular weight excluding hydrogens is 393 g/mol. The van der Waals surface area contributed by atoms with Gasteiger partial charge in [0.2, 0.25) is 5.91 Å². The quantitative estimate of drug-likeness (QED) is 0.677. The summed E-state index contributed by atoms with van der Waals surface area (Å²) >= 11 is 0. The van der Waals surface area contributed by atoms with Crippen molar-refractivity contribution in [3.8, 4) is 5.75 Å². The van der Waals surface area contributed by atoms with Gasteiger partial charge in [0.25, 0.3) is 5.91 Å². The van der Waals surface area contributed by atoms with E-state index < -0.39 is 36.8 Å². The van der Waals surface area contributed by atoms with Crippen LogP contribution >= 0.6 is 0 Å². The Kier molecular flexibility index (Phi) is 7.58. The highest BCUT2D eigenvalue weighted by Gasteiger charge is 2.19. The molecule has 0 unspecified atom stereocenters. The number of esters is 1. The first kappa shape index (κ1) is 21.7. The SMILES string of the molecule is CN(CC(=O)Nc1ccc(F)cc1)C(=O)COC(=O)c1ccccc1OC(F)F. The lowest BCUT2D eigenvalue weighted by atomic mass is 10.2. The van der Waals surface area contributed by atoms with Crippen molar-refractivity contribution < 1.29 is 37.0 Å². The van der Waals surface area contributed by atoms with Crippen molar-refractivity contribution in [1.29, 1.82) is 0 Å². The molecule has 154 valence electrons. The maximum atomic E-state index is 12.8. The zero-order valence-electron chi connectivity index (χ0n) is 15.2. The second-order valence-electron chi connectivity index (χ2n) is 5.76. The molecule has 7 nitrogen and oxygen atoms in total. The van der Waals surface area contributed by atoms with E-state index in [9.17, 15) is 27.6 Å².